The molecule has 6 heteroatoms. The van der Waals surface area contributed by atoms with Gasteiger partial charge in [-0.25, -0.2) is 9.59 Å². The van der Waals surface area contributed by atoms with Gasteiger partial charge in [0.15, 0.2) is 0 Å². The number of aliphatic carboxylic acids is 1. The zero-order valence-electron chi connectivity index (χ0n) is 12.8. The molecule has 120 valence electrons. The van der Waals surface area contributed by atoms with Crippen molar-refractivity contribution >= 4 is 12.0 Å². The summed E-state index contributed by atoms with van der Waals surface area (Å²) in [6.07, 6.45) is 3.70. The first-order chi connectivity index (χ1) is 9.90. The third-order valence-corrected chi connectivity index (χ3v) is 4.81. The van der Waals surface area contributed by atoms with Crippen molar-refractivity contribution < 1.29 is 19.8 Å². The van der Waals surface area contributed by atoms with Crippen molar-refractivity contribution in [1.82, 2.24) is 10.2 Å². The van der Waals surface area contributed by atoms with E-state index in [0.717, 1.165) is 19.3 Å². The monoisotopic (exact) mass is 298 g/mol. The van der Waals surface area contributed by atoms with E-state index in [1.54, 1.807) is 0 Å². The lowest BCUT2D eigenvalue weighted by Crippen LogP contribution is -2.52. The lowest BCUT2D eigenvalue weighted by Gasteiger charge is -2.36. The number of rotatable bonds is 3. The molecule has 0 spiro atoms. The minimum Gasteiger partial charge on any atom is -0.480 e. The van der Waals surface area contributed by atoms with Crippen LogP contribution in [0, 0.1) is 11.8 Å². The van der Waals surface area contributed by atoms with E-state index in [1.807, 2.05) is 0 Å². The van der Waals surface area contributed by atoms with Crippen LogP contribution < -0.4 is 5.32 Å². The molecule has 2 rings (SSSR count). The highest BCUT2D eigenvalue weighted by atomic mass is 16.4. The van der Waals surface area contributed by atoms with Gasteiger partial charge in [0.25, 0.3) is 0 Å². The van der Waals surface area contributed by atoms with Crippen molar-refractivity contribution in [2.75, 3.05) is 6.54 Å². The van der Waals surface area contributed by atoms with Crippen molar-refractivity contribution in [2.45, 2.75) is 64.1 Å². The molecule has 1 saturated heterocycles. The zero-order chi connectivity index (χ0) is 15.6. The molecule has 2 amide bonds. The normalized spacial score (nSPS) is 33.2. The van der Waals surface area contributed by atoms with Gasteiger partial charge in [-0.1, -0.05) is 26.7 Å². The second kappa shape index (κ2) is 6.64. The first-order valence-electron chi connectivity index (χ1n) is 7.88. The second-order valence-electron chi connectivity index (χ2n) is 6.64. The fourth-order valence-electron chi connectivity index (χ4n) is 3.65. The molecule has 1 heterocycles. The Balaban J connectivity index is 2.01. The summed E-state index contributed by atoms with van der Waals surface area (Å²) in [5.41, 5.74) is 0. The van der Waals surface area contributed by atoms with Gasteiger partial charge in [0.1, 0.15) is 6.04 Å². The third kappa shape index (κ3) is 3.67. The van der Waals surface area contributed by atoms with Crippen LogP contribution in [0.5, 0.6) is 0 Å². The molecule has 2 aliphatic rings. The molecule has 0 aromatic rings. The Morgan fingerprint density at radius 2 is 1.90 bits per heavy atom. The zero-order valence-corrected chi connectivity index (χ0v) is 12.8. The molecule has 6 nitrogen and oxygen atoms in total. The number of carbonyl (C=O) groups is 2. The number of likely N-dealkylation sites (tertiary alicyclic amines) is 1. The van der Waals surface area contributed by atoms with Crippen LogP contribution in [0.25, 0.3) is 0 Å². The van der Waals surface area contributed by atoms with E-state index in [-0.39, 0.29) is 25.0 Å². The number of amides is 2. The van der Waals surface area contributed by atoms with Crippen LogP contribution in [-0.4, -0.2) is 51.8 Å². The summed E-state index contributed by atoms with van der Waals surface area (Å²) in [6, 6.07) is -1.16. The van der Waals surface area contributed by atoms with Gasteiger partial charge in [-0.2, -0.15) is 0 Å². The van der Waals surface area contributed by atoms with Crippen LogP contribution in [0.2, 0.25) is 0 Å². The lowest BCUT2D eigenvalue weighted by molar-refractivity contribution is -0.141. The largest absolute Gasteiger partial charge is 0.480 e. The van der Waals surface area contributed by atoms with E-state index in [4.69, 9.17) is 5.11 Å². The van der Waals surface area contributed by atoms with Crippen LogP contribution >= 0.6 is 0 Å². The number of nitrogens with zero attached hydrogens (tertiary/aromatic N) is 1. The fourth-order valence-corrected chi connectivity index (χ4v) is 3.65. The first kappa shape index (κ1) is 16.1. The highest BCUT2D eigenvalue weighted by molar-refractivity contribution is 5.83. The lowest BCUT2D eigenvalue weighted by atomic mass is 9.78. The third-order valence-electron chi connectivity index (χ3n) is 4.81. The molecule has 0 bridgehead atoms. The number of urea groups is 1. The van der Waals surface area contributed by atoms with Crippen molar-refractivity contribution in [3.8, 4) is 0 Å². The Morgan fingerprint density at radius 3 is 2.52 bits per heavy atom. The highest BCUT2D eigenvalue weighted by Gasteiger charge is 2.40. The number of carboxylic acid groups (broad SMARTS) is 1. The van der Waals surface area contributed by atoms with Crippen molar-refractivity contribution in [1.29, 1.82) is 0 Å². The number of hydrogen-bond donors (Lipinski definition) is 3. The molecule has 0 aromatic carbocycles. The number of β-amino-alcohol motifs (C(OH)–C–C–N with tert-alkyl or cyclic N) is 1. The molecule has 0 radical (unpaired) electrons. The Hall–Kier alpha value is -1.30. The second-order valence-corrected chi connectivity index (χ2v) is 6.64. The molecular formula is C15H26N2O4. The van der Waals surface area contributed by atoms with E-state index in [2.05, 4.69) is 19.2 Å². The standard InChI is InChI=1S/C15H26N2O4/c1-9(2)11-5-3-4-6-12(11)16-15(21)17-8-10(18)7-13(17)14(19)20/h9-13,18H,3-8H2,1-2H3,(H,16,21)(H,19,20). The molecule has 0 aromatic heterocycles. The molecule has 1 saturated carbocycles. The Kier molecular flexibility index (Phi) is 5.08. The number of aliphatic hydroxyl groups is 1. The predicted octanol–water partition coefficient (Wildman–Crippen LogP) is 1.43. The van der Waals surface area contributed by atoms with Gasteiger partial charge in [0, 0.05) is 19.0 Å². The summed E-state index contributed by atoms with van der Waals surface area (Å²) in [5.74, 6) is -0.112. The summed E-state index contributed by atoms with van der Waals surface area (Å²) < 4.78 is 0. The van der Waals surface area contributed by atoms with Gasteiger partial charge in [-0.05, 0) is 24.7 Å². The van der Waals surface area contributed by atoms with E-state index in [0.29, 0.717) is 11.8 Å². The summed E-state index contributed by atoms with van der Waals surface area (Å²) in [6.45, 7) is 4.42. The van der Waals surface area contributed by atoms with Gasteiger partial charge in [0.2, 0.25) is 0 Å². The summed E-state index contributed by atoms with van der Waals surface area (Å²) in [7, 11) is 0. The van der Waals surface area contributed by atoms with Gasteiger partial charge < -0.3 is 20.4 Å². The Morgan fingerprint density at radius 1 is 1.24 bits per heavy atom. The number of aliphatic hydroxyl groups excluding tert-OH is 1. The van der Waals surface area contributed by atoms with E-state index < -0.39 is 18.1 Å². The number of carbonyl (C=O) groups excluding carboxylic acids is 1. The minimum absolute atomic E-state index is 0.0991. The maximum atomic E-state index is 12.4. The van der Waals surface area contributed by atoms with Crippen LogP contribution in [0.15, 0.2) is 0 Å². The molecule has 3 N–H and O–H groups in total. The number of nitrogens with one attached hydrogen (secondary N) is 1. The molecular weight excluding hydrogens is 272 g/mol. The van der Waals surface area contributed by atoms with E-state index >= 15 is 0 Å². The summed E-state index contributed by atoms with van der Waals surface area (Å²) in [4.78, 5) is 24.8. The molecule has 4 unspecified atom stereocenters. The number of hydrogen-bond acceptors (Lipinski definition) is 3. The quantitative estimate of drug-likeness (QED) is 0.735. The SMILES string of the molecule is CC(C)C1CCCCC1NC(=O)N1CC(O)CC1C(=O)O. The maximum Gasteiger partial charge on any atom is 0.326 e. The Labute approximate surface area is 125 Å². The molecule has 1 aliphatic heterocycles. The van der Waals surface area contributed by atoms with Crippen molar-refractivity contribution in [2.24, 2.45) is 11.8 Å². The van der Waals surface area contributed by atoms with Crippen LogP contribution in [0.1, 0.15) is 46.0 Å². The molecule has 1 aliphatic carbocycles. The first-order valence-corrected chi connectivity index (χ1v) is 7.88. The average molecular weight is 298 g/mol. The van der Waals surface area contributed by atoms with Crippen molar-refractivity contribution in [3.05, 3.63) is 0 Å². The number of carboxylic acids is 1. The van der Waals surface area contributed by atoms with Gasteiger partial charge in [-0.3, -0.25) is 0 Å². The summed E-state index contributed by atoms with van der Waals surface area (Å²) >= 11 is 0. The van der Waals surface area contributed by atoms with Crippen LogP contribution in [-0.2, 0) is 4.79 Å². The smallest absolute Gasteiger partial charge is 0.326 e. The van der Waals surface area contributed by atoms with Crippen LogP contribution in [0.4, 0.5) is 4.79 Å². The highest BCUT2D eigenvalue weighted by Crippen LogP contribution is 2.30. The van der Waals surface area contributed by atoms with Crippen LogP contribution in [0.3, 0.4) is 0 Å². The van der Waals surface area contributed by atoms with E-state index in [1.165, 1.54) is 11.3 Å². The van der Waals surface area contributed by atoms with Gasteiger partial charge in [0.05, 0.1) is 6.10 Å². The average Bonchev–Trinajstić information content (AvgIpc) is 2.81. The van der Waals surface area contributed by atoms with Gasteiger partial charge in [-0.15, -0.1) is 0 Å². The molecule has 21 heavy (non-hydrogen) atoms. The molecule has 2 fully saturated rings. The van der Waals surface area contributed by atoms with Crippen molar-refractivity contribution in [3.63, 3.8) is 0 Å². The fraction of sp³-hybridized carbons (Fsp3) is 0.867. The molecule has 4 atom stereocenters. The minimum atomic E-state index is -1.05. The summed E-state index contributed by atoms with van der Waals surface area (Å²) in [5, 5.41) is 21.8. The van der Waals surface area contributed by atoms with E-state index in [9.17, 15) is 14.7 Å². The maximum absolute atomic E-state index is 12.4. The topological polar surface area (TPSA) is 89.9 Å². The van der Waals surface area contributed by atoms with Gasteiger partial charge >= 0.3 is 12.0 Å². The Bertz CT molecular complexity index is 399. The predicted molar refractivity (Wildman–Crippen MR) is 77.9 cm³/mol.